The van der Waals surface area contributed by atoms with Crippen LogP contribution in [0.3, 0.4) is 0 Å². The molecule has 0 radical (unpaired) electrons. The molecule has 6 nitrogen and oxygen atoms in total. The first-order chi connectivity index (χ1) is 8.91. The van der Waals surface area contributed by atoms with E-state index in [4.69, 9.17) is 11.6 Å². The van der Waals surface area contributed by atoms with E-state index in [1.54, 1.807) is 12.1 Å². The van der Waals surface area contributed by atoms with Crippen LogP contribution in [0.4, 0.5) is 0 Å². The second-order valence-electron chi connectivity index (χ2n) is 3.83. The molecule has 0 saturated heterocycles. The van der Waals surface area contributed by atoms with Gasteiger partial charge in [-0.05, 0) is 25.1 Å². The molecule has 0 amide bonds. The van der Waals surface area contributed by atoms with E-state index in [9.17, 15) is 19.5 Å². The quantitative estimate of drug-likeness (QED) is 0.805. The van der Waals surface area contributed by atoms with Gasteiger partial charge in [-0.1, -0.05) is 17.7 Å². The van der Waals surface area contributed by atoms with Gasteiger partial charge >= 0.3 is 5.69 Å². The summed E-state index contributed by atoms with van der Waals surface area (Å²) >= 11 is 5.80. The first kappa shape index (κ1) is 13.1. The molecule has 0 unspecified atom stereocenters. The molecule has 0 spiro atoms. The molecule has 1 heterocycles. The Morgan fingerprint density at radius 2 is 2.05 bits per heavy atom. The van der Waals surface area contributed by atoms with E-state index >= 15 is 0 Å². The van der Waals surface area contributed by atoms with Crippen LogP contribution in [0.2, 0.25) is 5.02 Å². The molecule has 98 valence electrons. The van der Waals surface area contributed by atoms with Gasteiger partial charge in [0.1, 0.15) is 5.56 Å². The van der Waals surface area contributed by atoms with Crippen LogP contribution in [0.1, 0.15) is 17.3 Å². The molecular formula is C12H9ClN2O4. The number of Topliss-reactive ketones (excluding diaryl/α,β-unsaturated/α-hetero) is 1. The number of aromatic nitrogens is 2. The van der Waals surface area contributed by atoms with Crippen LogP contribution in [-0.4, -0.2) is 20.4 Å². The minimum Gasteiger partial charge on any atom is -0.493 e. The Morgan fingerprint density at radius 3 is 2.63 bits per heavy atom. The number of hydrogen-bond donors (Lipinski definition) is 2. The van der Waals surface area contributed by atoms with Gasteiger partial charge in [0.2, 0.25) is 5.88 Å². The van der Waals surface area contributed by atoms with Crippen LogP contribution >= 0.6 is 11.6 Å². The molecule has 0 aliphatic rings. The van der Waals surface area contributed by atoms with Crippen LogP contribution in [0.5, 0.6) is 5.88 Å². The molecule has 1 aromatic carbocycles. The summed E-state index contributed by atoms with van der Waals surface area (Å²) in [5.41, 5.74) is -2.00. The number of carbonyl (C=O) groups is 1. The van der Waals surface area contributed by atoms with Crippen LogP contribution in [0, 0.1) is 0 Å². The molecule has 7 heteroatoms. The third kappa shape index (κ3) is 2.30. The minimum absolute atomic E-state index is 0.244. The number of nitrogens with zero attached hydrogens (tertiary/aromatic N) is 1. The molecule has 0 saturated carbocycles. The van der Waals surface area contributed by atoms with Crippen molar-refractivity contribution in [2.24, 2.45) is 0 Å². The molecule has 1 aromatic heterocycles. The molecule has 0 aliphatic heterocycles. The lowest BCUT2D eigenvalue weighted by atomic mass is 10.2. The molecular weight excluding hydrogens is 272 g/mol. The van der Waals surface area contributed by atoms with E-state index in [2.05, 4.69) is 0 Å². The topological polar surface area (TPSA) is 92.2 Å². The van der Waals surface area contributed by atoms with Crippen molar-refractivity contribution in [2.75, 3.05) is 0 Å². The normalized spacial score (nSPS) is 10.4. The summed E-state index contributed by atoms with van der Waals surface area (Å²) in [6.07, 6.45) is 0. The van der Waals surface area contributed by atoms with Gasteiger partial charge in [0.25, 0.3) is 5.56 Å². The zero-order valence-electron chi connectivity index (χ0n) is 9.81. The Hall–Kier alpha value is -2.34. The smallest absolute Gasteiger partial charge is 0.335 e. The van der Waals surface area contributed by atoms with Crippen molar-refractivity contribution in [3.05, 3.63) is 55.7 Å². The second-order valence-corrected chi connectivity index (χ2v) is 4.27. The van der Waals surface area contributed by atoms with Crippen LogP contribution in [0.15, 0.2) is 33.9 Å². The number of aromatic hydroxyl groups is 1. The van der Waals surface area contributed by atoms with Gasteiger partial charge in [0, 0.05) is 5.02 Å². The van der Waals surface area contributed by atoms with Crippen molar-refractivity contribution in [1.29, 1.82) is 0 Å². The predicted octanol–water partition coefficient (Wildman–Crippen LogP) is 1.09. The monoisotopic (exact) mass is 280 g/mol. The lowest BCUT2D eigenvalue weighted by molar-refractivity contribution is 0.101. The van der Waals surface area contributed by atoms with E-state index in [-0.39, 0.29) is 5.69 Å². The van der Waals surface area contributed by atoms with Crippen molar-refractivity contribution in [3.8, 4) is 11.6 Å². The number of nitrogens with one attached hydrogen (secondary N) is 1. The fourth-order valence-corrected chi connectivity index (χ4v) is 1.88. The van der Waals surface area contributed by atoms with E-state index in [1.807, 2.05) is 4.98 Å². The summed E-state index contributed by atoms with van der Waals surface area (Å²) in [6.45, 7) is 1.12. The van der Waals surface area contributed by atoms with Gasteiger partial charge in [-0.2, -0.15) is 0 Å². The SMILES string of the molecule is CC(=O)c1c(O)n(-c2cccc(Cl)c2)c(=O)[nH]c1=O. The number of rotatable bonds is 2. The first-order valence-corrected chi connectivity index (χ1v) is 5.65. The number of halogens is 1. The third-order valence-corrected chi connectivity index (χ3v) is 2.74. The first-order valence-electron chi connectivity index (χ1n) is 5.27. The van der Waals surface area contributed by atoms with E-state index in [0.717, 1.165) is 11.5 Å². The fourth-order valence-electron chi connectivity index (χ4n) is 1.70. The van der Waals surface area contributed by atoms with Crippen LogP contribution < -0.4 is 11.2 Å². The van der Waals surface area contributed by atoms with E-state index in [0.29, 0.717) is 5.02 Å². The van der Waals surface area contributed by atoms with Crippen molar-refractivity contribution in [1.82, 2.24) is 9.55 Å². The summed E-state index contributed by atoms with van der Waals surface area (Å²) in [6, 6.07) is 6.09. The van der Waals surface area contributed by atoms with Gasteiger partial charge in [0.05, 0.1) is 5.69 Å². The maximum atomic E-state index is 11.7. The average Bonchev–Trinajstić information content (AvgIpc) is 2.27. The molecule has 0 aliphatic carbocycles. The Labute approximate surface area is 111 Å². The van der Waals surface area contributed by atoms with Crippen molar-refractivity contribution < 1.29 is 9.90 Å². The highest BCUT2D eigenvalue weighted by Gasteiger charge is 2.18. The summed E-state index contributed by atoms with van der Waals surface area (Å²) in [4.78, 5) is 36.5. The molecule has 19 heavy (non-hydrogen) atoms. The van der Waals surface area contributed by atoms with Crippen LogP contribution in [0.25, 0.3) is 5.69 Å². The zero-order valence-corrected chi connectivity index (χ0v) is 10.6. The lowest BCUT2D eigenvalue weighted by Gasteiger charge is -2.10. The Kier molecular flexibility index (Phi) is 3.26. The zero-order chi connectivity index (χ0) is 14.2. The summed E-state index contributed by atoms with van der Waals surface area (Å²) in [5.74, 6) is -1.35. The highest BCUT2D eigenvalue weighted by Crippen LogP contribution is 2.19. The van der Waals surface area contributed by atoms with Crippen molar-refractivity contribution in [2.45, 2.75) is 6.92 Å². The van der Waals surface area contributed by atoms with Gasteiger partial charge in [-0.25, -0.2) is 9.36 Å². The largest absolute Gasteiger partial charge is 0.493 e. The number of benzene rings is 1. The van der Waals surface area contributed by atoms with Crippen molar-refractivity contribution in [3.63, 3.8) is 0 Å². The second kappa shape index (κ2) is 4.74. The van der Waals surface area contributed by atoms with E-state index < -0.39 is 28.5 Å². The third-order valence-electron chi connectivity index (χ3n) is 2.50. The minimum atomic E-state index is -0.923. The molecule has 0 bridgehead atoms. The Morgan fingerprint density at radius 1 is 1.37 bits per heavy atom. The number of H-pyrrole nitrogens is 1. The average molecular weight is 281 g/mol. The predicted molar refractivity (Wildman–Crippen MR) is 69.3 cm³/mol. The van der Waals surface area contributed by atoms with Gasteiger partial charge in [-0.15, -0.1) is 0 Å². The van der Waals surface area contributed by atoms with Gasteiger partial charge in [0.15, 0.2) is 5.78 Å². The molecule has 2 N–H and O–H groups in total. The maximum Gasteiger partial charge on any atom is 0.335 e. The lowest BCUT2D eigenvalue weighted by Crippen LogP contribution is -2.32. The molecule has 2 rings (SSSR count). The highest BCUT2D eigenvalue weighted by atomic mass is 35.5. The maximum absolute atomic E-state index is 11.7. The summed E-state index contributed by atoms with van der Waals surface area (Å²) in [5, 5.41) is 10.3. The Bertz CT molecular complexity index is 776. The van der Waals surface area contributed by atoms with Crippen LogP contribution in [-0.2, 0) is 0 Å². The van der Waals surface area contributed by atoms with Gasteiger partial charge < -0.3 is 5.11 Å². The van der Waals surface area contributed by atoms with Crippen molar-refractivity contribution >= 4 is 17.4 Å². The number of carbonyl (C=O) groups excluding carboxylic acids is 1. The highest BCUT2D eigenvalue weighted by molar-refractivity contribution is 6.30. The Balaban J connectivity index is 2.85. The number of hydrogen-bond acceptors (Lipinski definition) is 4. The molecule has 0 fully saturated rings. The summed E-state index contributed by atoms with van der Waals surface area (Å²) < 4.78 is 0.810. The number of aromatic amines is 1. The summed E-state index contributed by atoms with van der Waals surface area (Å²) in [7, 11) is 0. The van der Waals surface area contributed by atoms with Gasteiger partial charge in [-0.3, -0.25) is 14.6 Å². The molecule has 0 atom stereocenters. The molecule has 2 aromatic rings. The fraction of sp³-hybridized carbons (Fsp3) is 0.0833. The standard InChI is InChI=1S/C12H9ClN2O4/c1-6(16)9-10(17)14-12(19)15(11(9)18)8-4-2-3-7(13)5-8/h2-5,18H,1H3,(H,14,17,19). The van der Waals surface area contributed by atoms with E-state index in [1.165, 1.54) is 12.1 Å². The number of ketones is 1.